The number of anilines is 2. The highest BCUT2D eigenvalue weighted by Crippen LogP contribution is 2.29. The molecule has 7 heteroatoms. The van der Waals surface area contributed by atoms with Crippen LogP contribution in [-0.4, -0.2) is 38.7 Å². The Morgan fingerprint density at radius 1 is 0.933 bits per heavy atom. The second-order valence-electron chi connectivity index (χ2n) is 7.24. The Hall–Kier alpha value is -3.22. The number of carbonyl (C=O) groups is 2. The van der Waals surface area contributed by atoms with Gasteiger partial charge in [0.25, 0.3) is 5.91 Å². The number of hydrogen-bond donors (Lipinski definition) is 2. The first-order valence-electron chi connectivity index (χ1n) is 10.1. The molecular formula is C23H28N2O5. The van der Waals surface area contributed by atoms with E-state index in [2.05, 4.69) is 15.4 Å². The Kier molecular flexibility index (Phi) is 7.54. The van der Waals surface area contributed by atoms with Crippen LogP contribution in [0.15, 0.2) is 42.5 Å². The maximum atomic E-state index is 12.6. The number of methoxy groups -OCH3 is 2. The van der Waals surface area contributed by atoms with Crippen LogP contribution in [-0.2, 0) is 9.53 Å². The average molecular weight is 412 g/mol. The molecule has 1 fully saturated rings. The molecule has 0 aromatic heterocycles. The van der Waals surface area contributed by atoms with E-state index in [1.807, 2.05) is 24.3 Å². The standard InChI is InChI=1S/C23H28N2O5/c1-28-21-14-16(8-13-20(21)30-15-22(26)29-2)23(27)25-19-11-9-18(10-12-19)24-17-6-4-3-5-7-17/h8-14,17,24H,3-7,15H2,1-2H3,(H,25,27). The maximum Gasteiger partial charge on any atom is 0.343 e. The van der Waals surface area contributed by atoms with Crippen molar-refractivity contribution in [3.63, 3.8) is 0 Å². The number of ether oxygens (including phenoxy) is 3. The molecule has 1 aliphatic rings. The van der Waals surface area contributed by atoms with Crippen LogP contribution in [0, 0.1) is 0 Å². The van der Waals surface area contributed by atoms with Gasteiger partial charge < -0.3 is 24.8 Å². The largest absolute Gasteiger partial charge is 0.493 e. The molecule has 1 amide bonds. The van der Waals surface area contributed by atoms with Crippen molar-refractivity contribution in [1.29, 1.82) is 0 Å². The third-order valence-electron chi connectivity index (χ3n) is 5.12. The van der Waals surface area contributed by atoms with Crippen molar-refractivity contribution in [3.8, 4) is 11.5 Å². The van der Waals surface area contributed by atoms with Crippen LogP contribution in [0.2, 0.25) is 0 Å². The molecule has 0 bridgehead atoms. The number of benzene rings is 2. The molecule has 0 unspecified atom stereocenters. The highest BCUT2D eigenvalue weighted by molar-refractivity contribution is 6.04. The molecule has 1 saturated carbocycles. The number of amides is 1. The van der Waals surface area contributed by atoms with E-state index in [1.165, 1.54) is 46.3 Å². The van der Waals surface area contributed by atoms with E-state index >= 15 is 0 Å². The number of rotatable bonds is 8. The lowest BCUT2D eigenvalue weighted by Crippen LogP contribution is -2.22. The van der Waals surface area contributed by atoms with Crippen LogP contribution in [0.3, 0.4) is 0 Å². The number of nitrogens with one attached hydrogen (secondary N) is 2. The Morgan fingerprint density at radius 3 is 2.30 bits per heavy atom. The number of carbonyl (C=O) groups excluding carboxylic acids is 2. The highest BCUT2D eigenvalue weighted by atomic mass is 16.6. The summed E-state index contributed by atoms with van der Waals surface area (Å²) in [6, 6.07) is 13.0. The second kappa shape index (κ2) is 10.5. The van der Waals surface area contributed by atoms with Gasteiger partial charge in [-0.05, 0) is 55.3 Å². The normalized spacial score (nSPS) is 13.9. The average Bonchev–Trinajstić information content (AvgIpc) is 2.79. The fraction of sp³-hybridized carbons (Fsp3) is 0.391. The third-order valence-corrected chi connectivity index (χ3v) is 5.12. The van der Waals surface area contributed by atoms with Gasteiger partial charge >= 0.3 is 5.97 Å². The van der Waals surface area contributed by atoms with Gasteiger partial charge in [-0.15, -0.1) is 0 Å². The van der Waals surface area contributed by atoms with Crippen molar-refractivity contribution in [2.24, 2.45) is 0 Å². The Labute approximate surface area is 176 Å². The van der Waals surface area contributed by atoms with Gasteiger partial charge in [0, 0.05) is 23.0 Å². The van der Waals surface area contributed by atoms with Crippen molar-refractivity contribution in [1.82, 2.24) is 0 Å². The van der Waals surface area contributed by atoms with Crippen LogP contribution in [0.5, 0.6) is 11.5 Å². The van der Waals surface area contributed by atoms with Crippen molar-refractivity contribution < 1.29 is 23.8 Å². The first-order chi connectivity index (χ1) is 14.6. The molecule has 0 spiro atoms. The lowest BCUT2D eigenvalue weighted by molar-refractivity contribution is -0.142. The molecule has 7 nitrogen and oxygen atoms in total. The van der Waals surface area contributed by atoms with Crippen molar-refractivity contribution in [2.45, 2.75) is 38.1 Å². The molecule has 2 N–H and O–H groups in total. The summed E-state index contributed by atoms with van der Waals surface area (Å²) in [5.41, 5.74) is 2.19. The molecule has 0 saturated heterocycles. The molecule has 3 rings (SSSR count). The van der Waals surface area contributed by atoms with Crippen LogP contribution >= 0.6 is 0 Å². The lowest BCUT2D eigenvalue weighted by atomic mass is 9.95. The van der Waals surface area contributed by atoms with Gasteiger partial charge in [-0.1, -0.05) is 19.3 Å². The maximum absolute atomic E-state index is 12.6. The number of esters is 1. The summed E-state index contributed by atoms with van der Waals surface area (Å²) in [6.45, 7) is -0.236. The minimum atomic E-state index is -0.500. The molecule has 30 heavy (non-hydrogen) atoms. The predicted octanol–water partition coefficient (Wildman–Crippen LogP) is 4.24. The zero-order chi connectivity index (χ0) is 21.3. The summed E-state index contributed by atoms with van der Waals surface area (Å²) >= 11 is 0. The quantitative estimate of drug-likeness (QED) is 0.631. The summed E-state index contributed by atoms with van der Waals surface area (Å²) in [6.07, 6.45) is 6.30. The number of hydrogen-bond acceptors (Lipinski definition) is 6. The van der Waals surface area contributed by atoms with Gasteiger partial charge in [0.15, 0.2) is 18.1 Å². The third kappa shape index (κ3) is 5.89. The van der Waals surface area contributed by atoms with E-state index in [4.69, 9.17) is 9.47 Å². The summed E-state index contributed by atoms with van der Waals surface area (Å²) < 4.78 is 15.2. The molecule has 0 heterocycles. The molecule has 0 radical (unpaired) electrons. The van der Waals surface area contributed by atoms with Gasteiger partial charge in [-0.25, -0.2) is 4.79 Å². The highest BCUT2D eigenvalue weighted by Gasteiger charge is 2.14. The SMILES string of the molecule is COC(=O)COc1ccc(C(=O)Nc2ccc(NC3CCCCC3)cc2)cc1OC. The van der Waals surface area contributed by atoms with Crippen molar-refractivity contribution in [2.75, 3.05) is 31.5 Å². The lowest BCUT2D eigenvalue weighted by Gasteiger charge is -2.23. The summed E-state index contributed by atoms with van der Waals surface area (Å²) in [4.78, 5) is 23.9. The van der Waals surface area contributed by atoms with Gasteiger partial charge in [0.1, 0.15) is 0 Å². The van der Waals surface area contributed by atoms with Crippen molar-refractivity contribution in [3.05, 3.63) is 48.0 Å². The fourth-order valence-corrected chi connectivity index (χ4v) is 3.46. The van der Waals surface area contributed by atoms with Crippen LogP contribution in [0.1, 0.15) is 42.5 Å². The van der Waals surface area contributed by atoms with E-state index in [-0.39, 0.29) is 12.5 Å². The fourth-order valence-electron chi connectivity index (χ4n) is 3.46. The van der Waals surface area contributed by atoms with Crippen LogP contribution in [0.25, 0.3) is 0 Å². The van der Waals surface area contributed by atoms with Gasteiger partial charge in [0.2, 0.25) is 0 Å². The first-order valence-corrected chi connectivity index (χ1v) is 10.1. The molecule has 2 aromatic carbocycles. The summed E-state index contributed by atoms with van der Waals surface area (Å²) in [5, 5.41) is 6.44. The summed E-state index contributed by atoms with van der Waals surface area (Å²) in [5.74, 6) is -0.0442. The minimum absolute atomic E-state index is 0.236. The molecular weight excluding hydrogens is 384 g/mol. The van der Waals surface area contributed by atoms with E-state index in [0.717, 1.165) is 5.69 Å². The molecule has 0 atom stereocenters. The van der Waals surface area contributed by atoms with Crippen LogP contribution in [0.4, 0.5) is 11.4 Å². The second-order valence-corrected chi connectivity index (χ2v) is 7.24. The van der Waals surface area contributed by atoms with Crippen LogP contribution < -0.4 is 20.1 Å². The molecule has 160 valence electrons. The minimum Gasteiger partial charge on any atom is -0.493 e. The first kappa shape index (κ1) is 21.5. The summed E-state index contributed by atoms with van der Waals surface area (Å²) in [7, 11) is 2.76. The Balaban J connectivity index is 1.60. The van der Waals surface area contributed by atoms with E-state index < -0.39 is 5.97 Å². The van der Waals surface area contributed by atoms with Gasteiger partial charge in [-0.2, -0.15) is 0 Å². The van der Waals surface area contributed by atoms with E-state index in [0.29, 0.717) is 28.8 Å². The van der Waals surface area contributed by atoms with Gasteiger partial charge in [0.05, 0.1) is 14.2 Å². The Bertz CT molecular complexity index is 860. The van der Waals surface area contributed by atoms with Gasteiger partial charge in [-0.3, -0.25) is 4.79 Å². The smallest absolute Gasteiger partial charge is 0.343 e. The Morgan fingerprint density at radius 2 is 1.63 bits per heavy atom. The topological polar surface area (TPSA) is 85.9 Å². The molecule has 2 aromatic rings. The zero-order valence-electron chi connectivity index (χ0n) is 17.4. The predicted molar refractivity (Wildman–Crippen MR) is 115 cm³/mol. The van der Waals surface area contributed by atoms with E-state index in [9.17, 15) is 9.59 Å². The monoisotopic (exact) mass is 412 g/mol. The molecule has 1 aliphatic carbocycles. The van der Waals surface area contributed by atoms with Crippen molar-refractivity contribution >= 4 is 23.3 Å². The zero-order valence-corrected chi connectivity index (χ0v) is 17.4. The molecule has 0 aliphatic heterocycles. The van der Waals surface area contributed by atoms with E-state index in [1.54, 1.807) is 18.2 Å².